The smallest absolute Gasteiger partial charge is 0.294 e. The number of anilines is 1. The Kier molecular flexibility index (Phi) is 6.34. The molecule has 1 amide bonds. The van der Waals surface area contributed by atoms with Crippen LogP contribution in [0, 0.1) is 0 Å². The average Bonchev–Trinajstić information content (AvgIpc) is 3.45. The minimum Gasteiger partial charge on any atom is -0.489 e. The van der Waals surface area contributed by atoms with Crippen LogP contribution in [0.25, 0.3) is 0 Å². The summed E-state index contributed by atoms with van der Waals surface area (Å²) in [5.74, 6) is 0.675. The molecule has 0 aliphatic carbocycles. The molecule has 168 valence electrons. The Labute approximate surface area is 188 Å². The molecule has 4 rings (SSSR count). The van der Waals surface area contributed by atoms with Gasteiger partial charge in [0.25, 0.3) is 5.91 Å². The summed E-state index contributed by atoms with van der Waals surface area (Å²) in [6.45, 7) is 5.13. The lowest BCUT2D eigenvalue weighted by atomic mass is 10.2. The Morgan fingerprint density at radius 1 is 1.09 bits per heavy atom. The molecule has 0 radical (unpaired) electrons. The third-order valence-electron chi connectivity index (χ3n) is 5.61. The van der Waals surface area contributed by atoms with Crippen LogP contribution in [0.5, 0.6) is 5.75 Å². The van der Waals surface area contributed by atoms with Crippen molar-refractivity contribution in [3.63, 3.8) is 0 Å². The summed E-state index contributed by atoms with van der Waals surface area (Å²) >= 11 is 0. The number of nitrogens with zero attached hydrogens (tertiary/aromatic N) is 2. The van der Waals surface area contributed by atoms with Gasteiger partial charge in [0.05, 0.1) is 11.2 Å². The first kappa shape index (κ1) is 22.1. The van der Waals surface area contributed by atoms with E-state index < -0.39 is 10.0 Å². The van der Waals surface area contributed by atoms with E-state index in [0.717, 1.165) is 5.56 Å². The monoisotopic (exact) mass is 454 g/mol. The van der Waals surface area contributed by atoms with E-state index >= 15 is 0 Å². The first-order valence-electron chi connectivity index (χ1n) is 10.6. The zero-order chi connectivity index (χ0) is 22.7. The lowest BCUT2D eigenvalue weighted by molar-refractivity contribution is 0.0959. The van der Waals surface area contributed by atoms with Gasteiger partial charge in [0.15, 0.2) is 5.76 Å². The molecule has 0 spiro atoms. The average molecular weight is 455 g/mol. The molecule has 2 heterocycles. The molecule has 0 unspecified atom stereocenters. The molecule has 32 heavy (non-hydrogen) atoms. The Hall–Kier alpha value is -3.10. The van der Waals surface area contributed by atoms with Crippen LogP contribution in [0.1, 0.15) is 35.5 Å². The molecule has 0 N–H and O–H groups in total. The Bertz CT molecular complexity index is 1200. The SMILES string of the molecule is CCN(CC)S(=O)(=O)c1ccc2c(c1)CCN2C(=O)c1occc1COc1ccccc1. The zero-order valence-electron chi connectivity index (χ0n) is 18.2. The third kappa shape index (κ3) is 4.16. The normalized spacial score (nSPS) is 13.4. The third-order valence-corrected chi connectivity index (χ3v) is 7.66. The van der Waals surface area contributed by atoms with Gasteiger partial charge in [-0.2, -0.15) is 4.31 Å². The number of sulfonamides is 1. The van der Waals surface area contributed by atoms with Crippen LogP contribution in [0.4, 0.5) is 5.69 Å². The first-order valence-corrected chi connectivity index (χ1v) is 12.1. The van der Waals surface area contributed by atoms with Gasteiger partial charge in [-0.05, 0) is 48.4 Å². The second-order valence-electron chi connectivity index (χ2n) is 7.46. The molecule has 0 saturated heterocycles. The molecule has 1 aromatic heterocycles. The predicted octanol–water partition coefficient (Wildman–Crippen LogP) is 4.09. The van der Waals surface area contributed by atoms with Crippen LogP contribution in [0.3, 0.4) is 0 Å². The molecule has 1 aliphatic heterocycles. The van der Waals surface area contributed by atoms with Crippen molar-refractivity contribution in [2.24, 2.45) is 0 Å². The van der Waals surface area contributed by atoms with Crippen molar-refractivity contribution in [1.29, 1.82) is 0 Å². The summed E-state index contributed by atoms with van der Waals surface area (Å²) in [6.07, 6.45) is 2.06. The fraction of sp³-hybridized carbons (Fsp3) is 0.292. The predicted molar refractivity (Wildman–Crippen MR) is 121 cm³/mol. The molecule has 0 fully saturated rings. The van der Waals surface area contributed by atoms with Gasteiger partial charge < -0.3 is 14.1 Å². The van der Waals surface area contributed by atoms with Crippen LogP contribution >= 0.6 is 0 Å². The van der Waals surface area contributed by atoms with E-state index in [1.54, 1.807) is 29.2 Å². The van der Waals surface area contributed by atoms with Gasteiger partial charge in [-0.15, -0.1) is 0 Å². The highest BCUT2D eigenvalue weighted by molar-refractivity contribution is 7.89. The van der Waals surface area contributed by atoms with E-state index in [-0.39, 0.29) is 23.2 Å². The minimum absolute atomic E-state index is 0.212. The fourth-order valence-electron chi connectivity index (χ4n) is 3.90. The second-order valence-corrected chi connectivity index (χ2v) is 9.40. The summed E-state index contributed by atoms with van der Waals surface area (Å²) in [4.78, 5) is 15.1. The van der Waals surface area contributed by atoms with Gasteiger partial charge in [0, 0.05) is 30.9 Å². The van der Waals surface area contributed by atoms with E-state index in [0.29, 0.717) is 43.1 Å². The maximum Gasteiger partial charge on any atom is 0.294 e. The van der Waals surface area contributed by atoms with Crippen molar-refractivity contribution in [2.45, 2.75) is 31.8 Å². The van der Waals surface area contributed by atoms with Gasteiger partial charge in [-0.3, -0.25) is 4.79 Å². The van der Waals surface area contributed by atoms with Crippen LogP contribution in [0.2, 0.25) is 0 Å². The Balaban J connectivity index is 1.54. The van der Waals surface area contributed by atoms with Crippen molar-refractivity contribution < 1.29 is 22.4 Å². The molecule has 0 saturated carbocycles. The summed E-state index contributed by atoms with van der Waals surface area (Å²) in [5.41, 5.74) is 2.20. The standard InChI is InChI=1S/C24H26N2O5S/c1-3-25(4-2)32(28,29)21-10-11-22-18(16-21)12-14-26(22)24(27)23-19(13-15-30-23)17-31-20-8-6-5-7-9-20/h5-11,13,15-16H,3-4,12,14,17H2,1-2H3. The maximum atomic E-state index is 13.2. The van der Waals surface area contributed by atoms with Gasteiger partial charge in [-0.1, -0.05) is 32.0 Å². The van der Waals surface area contributed by atoms with Crippen LogP contribution in [-0.4, -0.2) is 38.3 Å². The number of fused-ring (bicyclic) bond motifs is 1. The minimum atomic E-state index is -3.55. The van der Waals surface area contributed by atoms with Gasteiger partial charge >= 0.3 is 0 Å². The van der Waals surface area contributed by atoms with Crippen molar-refractivity contribution in [3.8, 4) is 5.75 Å². The van der Waals surface area contributed by atoms with Crippen molar-refractivity contribution in [3.05, 3.63) is 77.7 Å². The van der Waals surface area contributed by atoms with Gasteiger partial charge in [-0.25, -0.2) is 8.42 Å². The second kappa shape index (κ2) is 9.18. The topological polar surface area (TPSA) is 80.1 Å². The summed E-state index contributed by atoms with van der Waals surface area (Å²) in [6, 6.07) is 16.1. The quantitative estimate of drug-likeness (QED) is 0.512. The molecule has 0 bridgehead atoms. The molecular weight excluding hydrogens is 428 g/mol. The maximum absolute atomic E-state index is 13.2. The van der Waals surface area contributed by atoms with E-state index in [4.69, 9.17) is 9.15 Å². The fourth-order valence-corrected chi connectivity index (χ4v) is 5.41. The molecule has 7 nitrogen and oxygen atoms in total. The highest BCUT2D eigenvalue weighted by Crippen LogP contribution is 2.33. The summed E-state index contributed by atoms with van der Waals surface area (Å²) in [5, 5.41) is 0. The molecular formula is C24H26N2O5S. The Morgan fingerprint density at radius 2 is 1.84 bits per heavy atom. The summed E-state index contributed by atoms with van der Waals surface area (Å²) in [7, 11) is -3.55. The number of furan rings is 1. The largest absolute Gasteiger partial charge is 0.489 e. The van der Waals surface area contributed by atoms with Gasteiger partial charge in [0.2, 0.25) is 10.0 Å². The molecule has 1 aliphatic rings. The van der Waals surface area contributed by atoms with Crippen molar-refractivity contribution in [2.75, 3.05) is 24.5 Å². The number of rotatable bonds is 8. The molecule has 2 aromatic carbocycles. The number of amides is 1. The van der Waals surface area contributed by atoms with Crippen LogP contribution < -0.4 is 9.64 Å². The number of ether oxygens (including phenoxy) is 1. The highest BCUT2D eigenvalue weighted by atomic mass is 32.2. The summed E-state index contributed by atoms with van der Waals surface area (Å²) < 4.78 is 38.4. The number of hydrogen-bond donors (Lipinski definition) is 0. The van der Waals surface area contributed by atoms with E-state index in [2.05, 4.69) is 0 Å². The number of hydrogen-bond acceptors (Lipinski definition) is 5. The first-order chi connectivity index (χ1) is 15.5. The molecule has 0 atom stereocenters. The van der Waals surface area contributed by atoms with E-state index in [1.807, 2.05) is 44.2 Å². The van der Waals surface area contributed by atoms with Crippen molar-refractivity contribution in [1.82, 2.24) is 4.31 Å². The number of carbonyl (C=O) groups is 1. The lowest BCUT2D eigenvalue weighted by Gasteiger charge is -2.20. The number of carbonyl (C=O) groups excluding carboxylic acids is 1. The van der Waals surface area contributed by atoms with E-state index in [9.17, 15) is 13.2 Å². The van der Waals surface area contributed by atoms with Crippen LogP contribution in [0.15, 0.2) is 70.2 Å². The highest BCUT2D eigenvalue weighted by Gasteiger charge is 2.31. The number of para-hydroxylation sites is 1. The van der Waals surface area contributed by atoms with Gasteiger partial charge in [0.1, 0.15) is 12.4 Å². The number of benzene rings is 2. The van der Waals surface area contributed by atoms with Crippen molar-refractivity contribution >= 4 is 21.6 Å². The Morgan fingerprint density at radius 3 is 2.56 bits per heavy atom. The zero-order valence-corrected chi connectivity index (χ0v) is 19.0. The molecule has 3 aromatic rings. The lowest BCUT2D eigenvalue weighted by Crippen LogP contribution is -2.31. The van der Waals surface area contributed by atoms with E-state index in [1.165, 1.54) is 10.6 Å². The molecule has 8 heteroatoms. The van der Waals surface area contributed by atoms with Crippen LogP contribution in [-0.2, 0) is 23.1 Å².